The minimum atomic E-state index is -0.402. The molecule has 126 valence electrons. The molecule has 3 rings (SSSR count). The van der Waals surface area contributed by atoms with Crippen molar-refractivity contribution in [1.29, 1.82) is 0 Å². The van der Waals surface area contributed by atoms with E-state index in [4.69, 9.17) is 4.74 Å². The lowest BCUT2D eigenvalue weighted by molar-refractivity contribution is 0.0595. The largest absolute Gasteiger partial charge is 0.464 e. The molecular formula is C20H19N3O2. The fourth-order valence-corrected chi connectivity index (χ4v) is 2.43. The standard InChI is InChI=1S/C20H19N3O2/c1-25-20(24)19-13-16(14-21-19)18(12-15-8-4-2-5-9-15)23-22-17-10-6-3-7-11-17/h2-11,13-14,21-22H,12H2,1H3. The van der Waals surface area contributed by atoms with E-state index in [-0.39, 0.29) is 0 Å². The molecule has 3 aromatic rings. The molecule has 0 spiro atoms. The number of anilines is 1. The highest BCUT2D eigenvalue weighted by atomic mass is 16.5. The maximum absolute atomic E-state index is 11.7. The second kappa shape index (κ2) is 7.97. The van der Waals surface area contributed by atoms with E-state index in [1.54, 1.807) is 12.3 Å². The fourth-order valence-electron chi connectivity index (χ4n) is 2.43. The summed E-state index contributed by atoms with van der Waals surface area (Å²) in [6.07, 6.45) is 2.40. The fraction of sp³-hybridized carbons (Fsp3) is 0.100. The van der Waals surface area contributed by atoms with Gasteiger partial charge in [0.2, 0.25) is 0 Å². The molecule has 2 N–H and O–H groups in total. The minimum absolute atomic E-state index is 0.401. The molecule has 0 saturated heterocycles. The Kier molecular flexibility index (Phi) is 5.26. The van der Waals surface area contributed by atoms with Gasteiger partial charge in [-0.15, -0.1) is 0 Å². The number of nitrogens with one attached hydrogen (secondary N) is 2. The maximum Gasteiger partial charge on any atom is 0.354 e. The summed E-state index contributed by atoms with van der Waals surface area (Å²) in [7, 11) is 1.36. The summed E-state index contributed by atoms with van der Waals surface area (Å²) in [5.41, 5.74) is 7.17. The quantitative estimate of drug-likeness (QED) is 0.409. The van der Waals surface area contributed by atoms with Gasteiger partial charge in [0, 0.05) is 18.2 Å². The van der Waals surface area contributed by atoms with E-state index in [0.717, 1.165) is 22.5 Å². The number of ether oxygens (including phenoxy) is 1. The van der Waals surface area contributed by atoms with Gasteiger partial charge >= 0.3 is 5.97 Å². The van der Waals surface area contributed by atoms with Gasteiger partial charge in [0.15, 0.2) is 0 Å². The molecule has 0 aliphatic carbocycles. The van der Waals surface area contributed by atoms with Gasteiger partial charge in [-0.2, -0.15) is 5.10 Å². The van der Waals surface area contributed by atoms with E-state index in [9.17, 15) is 4.79 Å². The maximum atomic E-state index is 11.7. The second-order valence-electron chi connectivity index (χ2n) is 5.49. The molecular weight excluding hydrogens is 314 g/mol. The number of carbonyl (C=O) groups is 1. The number of benzene rings is 2. The monoisotopic (exact) mass is 333 g/mol. The van der Waals surface area contributed by atoms with Crippen LogP contribution in [0.1, 0.15) is 21.6 Å². The summed E-state index contributed by atoms with van der Waals surface area (Å²) >= 11 is 0. The summed E-state index contributed by atoms with van der Waals surface area (Å²) < 4.78 is 4.75. The van der Waals surface area contributed by atoms with Gasteiger partial charge in [-0.05, 0) is 23.8 Å². The van der Waals surface area contributed by atoms with Crippen LogP contribution in [0.15, 0.2) is 78.0 Å². The summed E-state index contributed by atoms with van der Waals surface area (Å²) in [5.74, 6) is -0.402. The molecule has 0 amide bonds. The summed E-state index contributed by atoms with van der Waals surface area (Å²) in [6, 6.07) is 21.5. The Morgan fingerprint density at radius 3 is 2.44 bits per heavy atom. The zero-order chi connectivity index (χ0) is 17.5. The van der Waals surface area contributed by atoms with Crippen molar-refractivity contribution in [3.05, 3.63) is 89.7 Å². The topological polar surface area (TPSA) is 66.5 Å². The van der Waals surface area contributed by atoms with Crippen LogP contribution in [0.5, 0.6) is 0 Å². The van der Waals surface area contributed by atoms with Crippen LogP contribution in [0.2, 0.25) is 0 Å². The van der Waals surface area contributed by atoms with Crippen molar-refractivity contribution in [2.24, 2.45) is 5.10 Å². The van der Waals surface area contributed by atoms with Crippen molar-refractivity contribution < 1.29 is 9.53 Å². The first kappa shape index (κ1) is 16.5. The number of para-hydroxylation sites is 1. The lowest BCUT2D eigenvalue weighted by Gasteiger charge is -2.07. The third-order valence-electron chi connectivity index (χ3n) is 3.73. The minimum Gasteiger partial charge on any atom is -0.464 e. The number of aromatic amines is 1. The van der Waals surface area contributed by atoms with Gasteiger partial charge in [-0.1, -0.05) is 48.5 Å². The number of H-pyrrole nitrogens is 1. The Hall–Kier alpha value is -3.34. The van der Waals surface area contributed by atoms with E-state index in [0.29, 0.717) is 12.1 Å². The molecule has 0 unspecified atom stereocenters. The van der Waals surface area contributed by atoms with Crippen LogP contribution in [-0.2, 0) is 11.2 Å². The number of hydrazone groups is 1. The smallest absolute Gasteiger partial charge is 0.354 e. The van der Waals surface area contributed by atoms with Crippen LogP contribution in [0.3, 0.4) is 0 Å². The van der Waals surface area contributed by atoms with Crippen molar-refractivity contribution in [3.63, 3.8) is 0 Å². The molecule has 2 aromatic carbocycles. The predicted octanol–water partition coefficient (Wildman–Crippen LogP) is 3.86. The third-order valence-corrected chi connectivity index (χ3v) is 3.73. The molecule has 0 radical (unpaired) electrons. The number of carbonyl (C=O) groups excluding carboxylic acids is 1. The van der Waals surface area contributed by atoms with E-state index >= 15 is 0 Å². The molecule has 0 atom stereocenters. The Balaban J connectivity index is 1.88. The Labute approximate surface area is 146 Å². The molecule has 0 aliphatic rings. The summed E-state index contributed by atoms with van der Waals surface area (Å²) in [6.45, 7) is 0. The van der Waals surface area contributed by atoms with Gasteiger partial charge in [-0.25, -0.2) is 4.79 Å². The van der Waals surface area contributed by atoms with Crippen molar-refractivity contribution in [3.8, 4) is 0 Å². The van der Waals surface area contributed by atoms with Gasteiger partial charge < -0.3 is 9.72 Å². The molecule has 25 heavy (non-hydrogen) atoms. The van der Waals surface area contributed by atoms with Crippen LogP contribution < -0.4 is 5.43 Å². The van der Waals surface area contributed by atoms with Crippen LogP contribution in [-0.4, -0.2) is 23.8 Å². The highest BCUT2D eigenvalue weighted by Gasteiger charge is 2.13. The highest BCUT2D eigenvalue weighted by Crippen LogP contribution is 2.13. The number of hydrogen-bond donors (Lipinski definition) is 2. The molecule has 0 aliphatic heterocycles. The van der Waals surface area contributed by atoms with Crippen LogP contribution in [0, 0.1) is 0 Å². The van der Waals surface area contributed by atoms with E-state index in [1.165, 1.54) is 7.11 Å². The Morgan fingerprint density at radius 2 is 1.76 bits per heavy atom. The van der Waals surface area contributed by atoms with Crippen molar-refractivity contribution in [1.82, 2.24) is 4.98 Å². The van der Waals surface area contributed by atoms with Crippen LogP contribution in [0.25, 0.3) is 0 Å². The first-order valence-corrected chi connectivity index (χ1v) is 7.95. The predicted molar refractivity (Wildman–Crippen MR) is 98.9 cm³/mol. The summed E-state index contributed by atoms with van der Waals surface area (Å²) in [4.78, 5) is 14.6. The van der Waals surface area contributed by atoms with Crippen LogP contribution in [0.4, 0.5) is 5.69 Å². The number of rotatable bonds is 6. The molecule has 0 fully saturated rings. The van der Waals surface area contributed by atoms with E-state index in [1.807, 2.05) is 60.7 Å². The zero-order valence-corrected chi connectivity index (χ0v) is 13.9. The van der Waals surface area contributed by atoms with Crippen LogP contribution >= 0.6 is 0 Å². The first-order chi connectivity index (χ1) is 12.3. The highest BCUT2D eigenvalue weighted by molar-refractivity contribution is 6.03. The molecule has 5 heteroatoms. The number of esters is 1. The first-order valence-electron chi connectivity index (χ1n) is 7.95. The molecule has 5 nitrogen and oxygen atoms in total. The van der Waals surface area contributed by atoms with Crippen molar-refractivity contribution in [2.45, 2.75) is 6.42 Å². The molecule has 1 heterocycles. The lowest BCUT2D eigenvalue weighted by atomic mass is 10.0. The van der Waals surface area contributed by atoms with Gasteiger partial charge in [0.05, 0.1) is 18.5 Å². The summed E-state index contributed by atoms with van der Waals surface area (Å²) in [5, 5.41) is 4.55. The number of methoxy groups -OCH3 is 1. The number of nitrogens with zero attached hydrogens (tertiary/aromatic N) is 1. The average Bonchev–Trinajstić information content (AvgIpc) is 3.16. The normalized spacial score (nSPS) is 11.2. The van der Waals surface area contributed by atoms with Crippen molar-refractivity contribution in [2.75, 3.05) is 12.5 Å². The number of hydrogen-bond acceptors (Lipinski definition) is 4. The van der Waals surface area contributed by atoms with Gasteiger partial charge in [0.1, 0.15) is 5.69 Å². The number of aromatic nitrogens is 1. The van der Waals surface area contributed by atoms with E-state index in [2.05, 4.69) is 15.5 Å². The van der Waals surface area contributed by atoms with Gasteiger partial charge in [0.25, 0.3) is 0 Å². The van der Waals surface area contributed by atoms with E-state index < -0.39 is 5.97 Å². The second-order valence-corrected chi connectivity index (χ2v) is 5.49. The molecule has 0 bridgehead atoms. The lowest BCUT2D eigenvalue weighted by Crippen LogP contribution is -2.08. The van der Waals surface area contributed by atoms with Crippen molar-refractivity contribution >= 4 is 17.4 Å². The Morgan fingerprint density at radius 1 is 1.08 bits per heavy atom. The molecule has 0 saturated carbocycles. The Bertz CT molecular complexity index is 855. The average molecular weight is 333 g/mol. The third kappa shape index (κ3) is 4.35. The SMILES string of the molecule is COC(=O)c1cc(C(Cc2ccccc2)=NNc2ccccc2)c[nH]1. The van der Waals surface area contributed by atoms with Gasteiger partial charge in [-0.3, -0.25) is 5.43 Å². The zero-order valence-electron chi connectivity index (χ0n) is 13.9. The molecule has 1 aromatic heterocycles.